The van der Waals surface area contributed by atoms with E-state index in [9.17, 15) is 24.5 Å². The number of carbonyl (C=O) groups excluding carboxylic acids is 3. The minimum Gasteiger partial charge on any atom is -0.493 e. The van der Waals surface area contributed by atoms with Crippen molar-refractivity contribution in [3.05, 3.63) is 69.3 Å². The summed E-state index contributed by atoms with van der Waals surface area (Å²) in [6.45, 7) is 3.94. The second-order valence-electron chi connectivity index (χ2n) is 11.3. The Morgan fingerprint density at radius 3 is 2.32 bits per heavy atom. The van der Waals surface area contributed by atoms with Gasteiger partial charge in [-0.25, -0.2) is 4.79 Å². The van der Waals surface area contributed by atoms with Gasteiger partial charge in [0.05, 0.1) is 40.1 Å². The van der Waals surface area contributed by atoms with Crippen LogP contribution in [-0.4, -0.2) is 86.5 Å². The van der Waals surface area contributed by atoms with Crippen LogP contribution in [0.3, 0.4) is 0 Å². The van der Waals surface area contributed by atoms with Crippen LogP contribution in [0.25, 0.3) is 0 Å². The molecule has 13 nitrogen and oxygen atoms in total. The molecule has 2 aromatic carbocycles. The quantitative estimate of drug-likeness (QED) is 0.101. The van der Waals surface area contributed by atoms with Crippen molar-refractivity contribution in [2.24, 2.45) is 0 Å². The number of fused-ring (bicyclic) bond motifs is 1. The Morgan fingerprint density at radius 2 is 1.66 bits per heavy atom. The van der Waals surface area contributed by atoms with E-state index in [1.807, 2.05) is 42.5 Å². The lowest BCUT2D eigenvalue weighted by Gasteiger charge is -2.32. The number of methoxy groups -OCH3 is 2. The zero-order valence-electron chi connectivity index (χ0n) is 27.7. The average molecular weight is 658 g/mol. The largest absolute Gasteiger partial charge is 0.493 e. The first-order valence-electron chi connectivity index (χ1n) is 16.1. The van der Waals surface area contributed by atoms with Crippen LogP contribution in [0, 0.1) is 10.1 Å². The minimum atomic E-state index is -0.928. The van der Waals surface area contributed by atoms with Gasteiger partial charge in [-0.3, -0.25) is 14.9 Å². The SMILES string of the molecule is CCOC(=O)C(CCCc1ccccc1)NC(C)C(=O)N1CCc2cc(OC)c(OC)cc2CC1C(=O)OCCCCCO[N+](=O)[O-]. The summed E-state index contributed by atoms with van der Waals surface area (Å²) in [6.07, 6.45) is 4.10. The van der Waals surface area contributed by atoms with E-state index in [1.165, 1.54) is 12.0 Å². The lowest BCUT2D eigenvalue weighted by molar-refractivity contribution is -0.757. The molecule has 0 fully saturated rings. The summed E-state index contributed by atoms with van der Waals surface area (Å²) in [7, 11) is 3.08. The van der Waals surface area contributed by atoms with E-state index >= 15 is 0 Å². The molecule has 3 unspecified atom stereocenters. The number of nitrogens with one attached hydrogen (secondary N) is 1. The molecule has 3 rings (SSSR count). The van der Waals surface area contributed by atoms with E-state index in [-0.39, 0.29) is 38.7 Å². The summed E-state index contributed by atoms with van der Waals surface area (Å²) in [5.41, 5.74) is 2.91. The molecule has 1 amide bonds. The molecular formula is C34H47N3O10. The first-order valence-corrected chi connectivity index (χ1v) is 16.1. The molecule has 1 aliphatic heterocycles. The van der Waals surface area contributed by atoms with Crippen molar-refractivity contribution in [1.29, 1.82) is 0 Å². The molecule has 1 aliphatic rings. The van der Waals surface area contributed by atoms with Gasteiger partial charge in [0.2, 0.25) is 5.91 Å². The molecule has 1 N–H and O–H groups in total. The van der Waals surface area contributed by atoms with E-state index in [4.69, 9.17) is 18.9 Å². The summed E-state index contributed by atoms with van der Waals surface area (Å²) < 4.78 is 21.9. The van der Waals surface area contributed by atoms with E-state index in [0.717, 1.165) is 23.1 Å². The number of unbranched alkanes of at least 4 members (excludes halogenated alkanes) is 2. The second kappa shape index (κ2) is 19.3. The van der Waals surface area contributed by atoms with Gasteiger partial charge in [-0.05, 0) is 87.6 Å². The molecule has 3 atom stereocenters. The van der Waals surface area contributed by atoms with Gasteiger partial charge < -0.3 is 28.7 Å². The maximum Gasteiger partial charge on any atom is 0.329 e. The highest BCUT2D eigenvalue weighted by molar-refractivity contribution is 5.88. The first-order chi connectivity index (χ1) is 22.7. The van der Waals surface area contributed by atoms with Crippen molar-refractivity contribution in [2.75, 3.05) is 40.6 Å². The van der Waals surface area contributed by atoms with E-state index < -0.39 is 35.2 Å². The third-order valence-electron chi connectivity index (χ3n) is 8.10. The van der Waals surface area contributed by atoms with Gasteiger partial charge in [-0.2, -0.15) is 0 Å². The minimum absolute atomic E-state index is 0.0299. The van der Waals surface area contributed by atoms with Gasteiger partial charge in [-0.15, -0.1) is 10.1 Å². The molecule has 0 spiro atoms. The third kappa shape index (κ3) is 11.4. The normalized spacial score (nSPS) is 15.4. The molecule has 0 bridgehead atoms. The molecular weight excluding hydrogens is 610 g/mol. The van der Waals surface area contributed by atoms with E-state index in [1.54, 1.807) is 21.0 Å². The molecule has 0 aliphatic carbocycles. The standard InChI is InChI=1S/C34H47N3O10/c1-5-45-33(39)28(16-12-15-25-13-8-6-9-14-25)35-24(2)32(38)36-18-17-26-22-30(43-3)31(44-4)23-27(26)21-29(36)34(40)46-19-10-7-11-20-47-37(41)42/h6,8-9,13-14,22-24,28-29,35H,5,7,10-12,15-21H2,1-4H3. The molecule has 258 valence electrons. The summed E-state index contributed by atoms with van der Waals surface area (Å²) in [5.74, 6) is -0.262. The van der Waals surface area contributed by atoms with Crippen LogP contribution in [-0.2, 0) is 48.0 Å². The van der Waals surface area contributed by atoms with Crippen molar-refractivity contribution in [1.82, 2.24) is 10.2 Å². The molecule has 0 aromatic heterocycles. The molecule has 1 heterocycles. The Balaban J connectivity index is 1.75. The van der Waals surface area contributed by atoms with Gasteiger partial charge in [0.1, 0.15) is 12.1 Å². The smallest absolute Gasteiger partial charge is 0.329 e. The maximum atomic E-state index is 14.1. The van der Waals surface area contributed by atoms with E-state index in [2.05, 4.69) is 10.2 Å². The Kier molecular flexibility index (Phi) is 15.2. The predicted octanol–water partition coefficient (Wildman–Crippen LogP) is 3.85. The fraction of sp³-hybridized carbons (Fsp3) is 0.559. The van der Waals surface area contributed by atoms with Crippen molar-refractivity contribution >= 4 is 17.8 Å². The van der Waals surface area contributed by atoms with Gasteiger partial charge in [0.25, 0.3) is 5.09 Å². The molecule has 2 aromatic rings. The van der Waals surface area contributed by atoms with Gasteiger partial charge >= 0.3 is 11.9 Å². The van der Waals surface area contributed by atoms with Crippen molar-refractivity contribution in [3.63, 3.8) is 0 Å². The Bertz CT molecular complexity index is 1320. The molecule has 0 radical (unpaired) electrons. The van der Waals surface area contributed by atoms with Gasteiger partial charge in [0, 0.05) is 13.0 Å². The number of hydrogen-bond acceptors (Lipinski definition) is 11. The topological polar surface area (TPSA) is 156 Å². The molecule has 0 saturated carbocycles. The van der Waals surface area contributed by atoms with E-state index in [0.29, 0.717) is 50.0 Å². The molecule has 0 saturated heterocycles. The van der Waals surface area contributed by atoms with Crippen LogP contribution in [0.5, 0.6) is 11.5 Å². The Hall–Kier alpha value is -4.39. The monoisotopic (exact) mass is 657 g/mol. The predicted molar refractivity (Wildman–Crippen MR) is 173 cm³/mol. The highest BCUT2D eigenvalue weighted by atomic mass is 16.9. The average Bonchev–Trinajstić information content (AvgIpc) is 3.25. The number of hydrogen-bond donors (Lipinski definition) is 1. The third-order valence-corrected chi connectivity index (χ3v) is 8.10. The number of nitrogens with zero attached hydrogens (tertiary/aromatic N) is 2. The fourth-order valence-corrected chi connectivity index (χ4v) is 5.65. The van der Waals surface area contributed by atoms with Crippen molar-refractivity contribution in [2.45, 2.75) is 83.3 Å². The molecule has 47 heavy (non-hydrogen) atoms. The number of benzene rings is 2. The van der Waals surface area contributed by atoms with Crippen molar-refractivity contribution in [3.8, 4) is 11.5 Å². The second-order valence-corrected chi connectivity index (χ2v) is 11.3. The zero-order valence-corrected chi connectivity index (χ0v) is 27.7. The van der Waals surface area contributed by atoms with Crippen molar-refractivity contribution < 1.29 is 43.3 Å². The highest BCUT2D eigenvalue weighted by Gasteiger charge is 2.37. The summed E-state index contributed by atoms with van der Waals surface area (Å²) in [5, 5.41) is 12.7. The number of rotatable bonds is 19. The number of carbonyl (C=O) groups is 3. The van der Waals surface area contributed by atoms with Crippen LogP contribution in [0.2, 0.25) is 0 Å². The summed E-state index contributed by atoms with van der Waals surface area (Å²) in [4.78, 5) is 56.7. The maximum absolute atomic E-state index is 14.1. The number of amides is 1. The fourth-order valence-electron chi connectivity index (χ4n) is 5.65. The van der Waals surface area contributed by atoms with Crippen LogP contribution in [0.1, 0.15) is 62.6 Å². The van der Waals surface area contributed by atoms with Gasteiger partial charge in [-0.1, -0.05) is 30.3 Å². The summed E-state index contributed by atoms with van der Waals surface area (Å²) in [6, 6.07) is 11.2. The zero-order chi connectivity index (χ0) is 34.2. The van der Waals surface area contributed by atoms with Gasteiger partial charge in [0.15, 0.2) is 11.5 Å². The first kappa shape index (κ1) is 37.1. The highest BCUT2D eigenvalue weighted by Crippen LogP contribution is 2.33. The lowest BCUT2D eigenvalue weighted by Crippen LogP contribution is -2.55. The number of ether oxygens (including phenoxy) is 4. The molecule has 13 heteroatoms. The Labute approximate surface area is 275 Å². The van der Waals surface area contributed by atoms with Crippen LogP contribution in [0.15, 0.2) is 42.5 Å². The lowest BCUT2D eigenvalue weighted by atomic mass is 9.99. The van der Waals surface area contributed by atoms with Crippen LogP contribution >= 0.6 is 0 Å². The van der Waals surface area contributed by atoms with Crippen LogP contribution in [0.4, 0.5) is 0 Å². The number of esters is 2. The number of aryl methyl sites for hydroxylation is 1. The van der Waals surface area contributed by atoms with Crippen LogP contribution < -0.4 is 14.8 Å². The summed E-state index contributed by atoms with van der Waals surface area (Å²) >= 11 is 0. The Morgan fingerprint density at radius 1 is 0.979 bits per heavy atom.